The zero-order valence-corrected chi connectivity index (χ0v) is 10.0. The Balaban J connectivity index is 3.36. The number of hydrogen-bond donors (Lipinski definition) is 1. The topological polar surface area (TPSA) is 89.7 Å². The van der Waals surface area contributed by atoms with Gasteiger partial charge in [-0.3, -0.25) is 10.1 Å². The summed E-state index contributed by atoms with van der Waals surface area (Å²) in [5.74, 6) is -0.149. The molecule has 6 nitrogen and oxygen atoms in total. The maximum absolute atomic E-state index is 11.1. The predicted molar refractivity (Wildman–Crippen MR) is 58.9 cm³/mol. The van der Waals surface area contributed by atoms with Gasteiger partial charge >= 0.3 is 13.3 Å². The predicted octanol–water partition coefficient (Wildman–Crippen LogP) is 2.41. The molecule has 0 amide bonds. The summed E-state index contributed by atoms with van der Waals surface area (Å²) >= 11 is 0. The van der Waals surface area contributed by atoms with Crippen LogP contribution in [0.4, 0.5) is 5.69 Å². The number of rotatable bonds is 3. The van der Waals surface area contributed by atoms with Crippen LogP contribution in [0, 0.1) is 24.0 Å². The van der Waals surface area contributed by atoms with Crippen LogP contribution in [0.2, 0.25) is 0 Å². The second-order valence-corrected chi connectivity index (χ2v) is 5.37. The van der Waals surface area contributed by atoms with Crippen molar-refractivity contribution in [1.82, 2.24) is 0 Å². The van der Waals surface area contributed by atoms with Crippen LogP contribution in [0.5, 0.6) is 5.75 Å². The van der Waals surface area contributed by atoms with Crippen molar-refractivity contribution in [3.63, 3.8) is 0 Å². The number of aryl methyl sites for hydroxylation is 2. The number of benzene rings is 1. The molecule has 1 atom stereocenters. The van der Waals surface area contributed by atoms with Crippen molar-refractivity contribution in [3.8, 4) is 5.75 Å². The van der Waals surface area contributed by atoms with Crippen LogP contribution >= 0.6 is 7.60 Å². The summed E-state index contributed by atoms with van der Waals surface area (Å²) in [6.07, 6.45) is 0. The van der Waals surface area contributed by atoms with E-state index in [9.17, 15) is 14.7 Å². The molecule has 0 fully saturated rings. The Kier molecular flexibility index (Phi) is 3.35. The Bertz CT molecular complexity index is 479. The van der Waals surface area contributed by atoms with Gasteiger partial charge in [-0.15, -0.1) is 0 Å². The zero-order chi connectivity index (χ0) is 12.5. The van der Waals surface area contributed by atoms with Crippen molar-refractivity contribution in [1.29, 1.82) is 0 Å². The van der Waals surface area contributed by atoms with E-state index >= 15 is 0 Å². The Hall–Kier alpha value is -1.39. The van der Waals surface area contributed by atoms with Crippen molar-refractivity contribution in [3.05, 3.63) is 33.4 Å². The van der Waals surface area contributed by atoms with Gasteiger partial charge in [0.05, 0.1) is 4.92 Å². The highest BCUT2D eigenvalue weighted by atomic mass is 31.2. The fourth-order valence-electron chi connectivity index (χ4n) is 1.36. The molecule has 16 heavy (non-hydrogen) atoms. The zero-order valence-electron chi connectivity index (χ0n) is 9.13. The molecule has 1 aromatic carbocycles. The molecule has 0 aliphatic heterocycles. The minimum atomic E-state index is -3.80. The molecule has 0 spiro atoms. The van der Waals surface area contributed by atoms with Crippen molar-refractivity contribution in [2.75, 3.05) is 6.66 Å². The first-order valence-electron chi connectivity index (χ1n) is 4.46. The fraction of sp³-hybridized carbons (Fsp3) is 0.333. The summed E-state index contributed by atoms with van der Waals surface area (Å²) < 4.78 is 15.9. The van der Waals surface area contributed by atoms with Gasteiger partial charge in [0, 0.05) is 12.7 Å². The fourth-order valence-corrected chi connectivity index (χ4v) is 1.93. The Labute approximate surface area is 92.5 Å². The lowest BCUT2D eigenvalue weighted by Gasteiger charge is -2.11. The van der Waals surface area contributed by atoms with Crippen LogP contribution in [0.15, 0.2) is 12.1 Å². The van der Waals surface area contributed by atoms with Crippen LogP contribution < -0.4 is 4.52 Å². The lowest BCUT2D eigenvalue weighted by Crippen LogP contribution is -1.98. The minimum Gasteiger partial charge on any atom is -0.417 e. The number of nitro groups is 1. The third-order valence-corrected chi connectivity index (χ3v) is 2.38. The quantitative estimate of drug-likeness (QED) is 0.501. The summed E-state index contributed by atoms with van der Waals surface area (Å²) in [5, 5.41) is 10.8. The minimum absolute atomic E-state index is 0.149. The third-order valence-electron chi connectivity index (χ3n) is 1.86. The molecule has 0 heterocycles. The maximum atomic E-state index is 11.1. The first-order chi connectivity index (χ1) is 7.20. The SMILES string of the molecule is Cc1cc(C)c(OP(C)(=O)O)c([N+](=O)[O-])c1. The first-order valence-corrected chi connectivity index (χ1v) is 6.48. The monoisotopic (exact) mass is 245 g/mol. The summed E-state index contributed by atoms with van der Waals surface area (Å²) in [6.45, 7) is 4.27. The highest BCUT2D eigenvalue weighted by molar-refractivity contribution is 7.52. The van der Waals surface area contributed by atoms with Crippen LogP contribution in [0.25, 0.3) is 0 Å². The van der Waals surface area contributed by atoms with Crippen molar-refractivity contribution < 1.29 is 18.9 Å². The molecule has 1 unspecified atom stereocenters. The highest BCUT2D eigenvalue weighted by Crippen LogP contribution is 2.44. The summed E-state index contributed by atoms with van der Waals surface area (Å²) in [6, 6.07) is 2.95. The highest BCUT2D eigenvalue weighted by Gasteiger charge is 2.23. The lowest BCUT2D eigenvalue weighted by atomic mass is 10.1. The molecule has 1 rings (SSSR count). The molecule has 0 aliphatic rings. The van der Waals surface area contributed by atoms with E-state index in [1.807, 2.05) is 0 Å². The van der Waals surface area contributed by atoms with Gasteiger partial charge in [-0.05, 0) is 25.0 Å². The molecule has 0 saturated heterocycles. The second kappa shape index (κ2) is 4.23. The largest absolute Gasteiger partial charge is 0.417 e. The molecule has 0 saturated carbocycles. The van der Waals surface area contributed by atoms with E-state index in [2.05, 4.69) is 0 Å². The average molecular weight is 245 g/mol. The van der Waals surface area contributed by atoms with Crippen LogP contribution in [-0.2, 0) is 4.57 Å². The number of nitro benzene ring substituents is 1. The van der Waals surface area contributed by atoms with Crippen LogP contribution in [-0.4, -0.2) is 16.5 Å². The van der Waals surface area contributed by atoms with E-state index in [1.54, 1.807) is 19.9 Å². The van der Waals surface area contributed by atoms with Crippen molar-refractivity contribution >= 4 is 13.3 Å². The Morgan fingerprint density at radius 2 is 2.00 bits per heavy atom. The van der Waals surface area contributed by atoms with E-state index in [0.717, 1.165) is 6.66 Å². The first kappa shape index (κ1) is 12.7. The second-order valence-electron chi connectivity index (χ2n) is 3.58. The molecule has 1 aromatic rings. The number of hydrogen-bond acceptors (Lipinski definition) is 4. The van der Waals surface area contributed by atoms with Gasteiger partial charge in [-0.2, -0.15) is 0 Å². The van der Waals surface area contributed by atoms with Crippen LogP contribution in [0.3, 0.4) is 0 Å². The van der Waals surface area contributed by atoms with E-state index in [4.69, 9.17) is 9.42 Å². The van der Waals surface area contributed by atoms with Gasteiger partial charge in [0.1, 0.15) is 0 Å². The van der Waals surface area contributed by atoms with Gasteiger partial charge in [0.2, 0.25) is 5.75 Å². The summed E-state index contributed by atoms with van der Waals surface area (Å²) in [5.41, 5.74) is 0.858. The molecule has 0 aliphatic carbocycles. The van der Waals surface area contributed by atoms with E-state index in [-0.39, 0.29) is 11.4 Å². The molecular weight excluding hydrogens is 233 g/mol. The molecule has 0 bridgehead atoms. The van der Waals surface area contributed by atoms with Gasteiger partial charge in [0.25, 0.3) is 0 Å². The van der Waals surface area contributed by atoms with E-state index in [0.29, 0.717) is 11.1 Å². The molecular formula is C9H12NO5P. The molecule has 0 aromatic heterocycles. The van der Waals surface area contributed by atoms with Gasteiger partial charge < -0.3 is 9.42 Å². The van der Waals surface area contributed by atoms with Crippen molar-refractivity contribution in [2.24, 2.45) is 0 Å². The molecule has 7 heteroatoms. The standard InChI is InChI=1S/C9H12NO5P/c1-6-4-7(2)9(15-16(3,13)14)8(5-6)10(11)12/h4-5H,1-3H3,(H,13,14). The lowest BCUT2D eigenvalue weighted by molar-refractivity contribution is -0.385. The Morgan fingerprint density at radius 1 is 1.44 bits per heavy atom. The van der Waals surface area contributed by atoms with Gasteiger partial charge in [-0.1, -0.05) is 6.07 Å². The number of nitrogens with zero attached hydrogens (tertiary/aromatic N) is 1. The summed E-state index contributed by atoms with van der Waals surface area (Å²) in [4.78, 5) is 19.2. The maximum Gasteiger partial charge on any atom is 0.373 e. The summed E-state index contributed by atoms with van der Waals surface area (Å²) in [7, 11) is -3.80. The molecule has 88 valence electrons. The molecule has 0 radical (unpaired) electrons. The smallest absolute Gasteiger partial charge is 0.373 e. The van der Waals surface area contributed by atoms with Crippen molar-refractivity contribution in [2.45, 2.75) is 13.8 Å². The third kappa shape index (κ3) is 3.05. The normalized spacial score (nSPS) is 14.2. The van der Waals surface area contributed by atoms with E-state index in [1.165, 1.54) is 6.07 Å². The van der Waals surface area contributed by atoms with Gasteiger partial charge in [-0.25, -0.2) is 4.57 Å². The van der Waals surface area contributed by atoms with E-state index < -0.39 is 12.5 Å². The van der Waals surface area contributed by atoms with Crippen LogP contribution in [0.1, 0.15) is 11.1 Å². The molecule has 1 N–H and O–H groups in total. The Morgan fingerprint density at radius 3 is 2.44 bits per heavy atom. The average Bonchev–Trinajstić information content (AvgIpc) is 2.07. The van der Waals surface area contributed by atoms with Gasteiger partial charge in [0.15, 0.2) is 0 Å².